The highest BCUT2D eigenvalue weighted by molar-refractivity contribution is 6.59. The molecule has 0 atom stereocenters. The van der Waals surface area contributed by atoms with Gasteiger partial charge in [-0.3, -0.25) is 10.1 Å². The number of anilines is 3. The highest BCUT2D eigenvalue weighted by Gasteiger charge is 2.56. The van der Waals surface area contributed by atoms with Crippen LogP contribution in [0.15, 0.2) is 252 Å². The number of nitrogens with zero attached hydrogens (tertiary/aromatic N) is 7. The van der Waals surface area contributed by atoms with E-state index in [2.05, 4.69) is 12.1 Å². The monoisotopic (exact) mass is 1470 g/mol. The van der Waals surface area contributed by atoms with Gasteiger partial charge in [-0.2, -0.15) is 0 Å². The van der Waals surface area contributed by atoms with Gasteiger partial charge in [0.15, 0.2) is 28.6 Å². The fourth-order valence-electron chi connectivity index (χ4n) is 15.1. The zero-order chi connectivity index (χ0) is 77.1. The van der Waals surface area contributed by atoms with Gasteiger partial charge in [-0.05, 0) is 192 Å². The molecule has 6 N–H and O–H groups in total. The summed E-state index contributed by atoms with van der Waals surface area (Å²) >= 11 is 0. The SMILES string of the molecule is COc1cc(/C=C/c2cc(C)c3n2[B-](F)(F)[N+]2=CC=CC2=C3c2ccc(N)cc2)cc(OC)c1OC.Cc1cc(/C=C/c2ccc(-c3ccc([N+](=O)[O-])cc3)o2)n2c1C(c1ccc(N)cc1)=C1C=CC=[N+]1[B-]2(F)F.Cc1cc(/C=C/c2ccccc2-c2ccccc2)n2c1C(c1ccc(N)cc1)=C1C=CC=[N+]1[B-]2(F)F. The van der Waals surface area contributed by atoms with E-state index in [1.807, 2.05) is 112 Å². The third-order valence-electron chi connectivity index (χ3n) is 20.1. The van der Waals surface area contributed by atoms with E-state index in [-0.39, 0.29) is 5.69 Å². The number of furan rings is 1. The van der Waals surface area contributed by atoms with Gasteiger partial charge >= 0.3 is 20.9 Å². The number of aryl methyl sites for hydroxylation is 3. The lowest BCUT2D eigenvalue weighted by Gasteiger charge is -2.32. The van der Waals surface area contributed by atoms with Crippen molar-refractivity contribution in [2.45, 2.75) is 20.8 Å². The van der Waals surface area contributed by atoms with Crippen molar-refractivity contribution in [1.29, 1.82) is 0 Å². The summed E-state index contributed by atoms with van der Waals surface area (Å²) in [5.41, 5.74) is 35.0. The fourth-order valence-corrected chi connectivity index (χ4v) is 15.1. The van der Waals surface area contributed by atoms with Crippen LogP contribution in [0.5, 0.6) is 17.2 Å². The minimum absolute atomic E-state index is 0.0161. The van der Waals surface area contributed by atoms with Crippen molar-refractivity contribution in [2.24, 2.45) is 0 Å². The first-order valence-corrected chi connectivity index (χ1v) is 35.3. The maximum Gasteiger partial charge on any atom is 0.737 e. The Kier molecular flexibility index (Phi) is 18.7. The number of nitrogen functional groups attached to an aromatic ring is 3. The molecule has 548 valence electrons. The first kappa shape index (κ1) is 71.9. The molecule has 0 spiro atoms. The Morgan fingerprint density at radius 2 is 0.827 bits per heavy atom. The van der Waals surface area contributed by atoms with Crippen molar-refractivity contribution in [3.8, 4) is 39.7 Å². The molecule has 7 aromatic carbocycles. The predicted molar refractivity (Wildman–Crippen MR) is 430 cm³/mol. The molecule has 17 rings (SSSR count). The summed E-state index contributed by atoms with van der Waals surface area (Å²) in [6.45, 7) is -6.78. The van der Waals surface area contributed by atoms with E-state index in [0.717, 1.165) is 83.6 Å². The Balaban J connectivity index is 0.000000131. The molecule has 6 aliphatic heterocycles. The van der Waals surface area contributed by atoms with Crippen molar-refractivity contribution in [1.82, 2.24) is 13.4 Å². The third kappa shape index (κ3) is 12.8. The van der Waals surface area contributed by atoms with Crippen LogP contribution >= 0.6 is 0 Å². The maximum atomic E-state index is 16.0. The fraction of sp³-hybridized carbons (Fsp3) is 0.0706. The Hall–Kier alpha value is -13.7. The van der Waals surface area contributed by atoms with Crippen molar-refractivity contribution in [3.05, 3.63) is 342 Å². The van der Waals surface area contributed by atoms with E-state index in [0.29, 0.717) is 114 Å². The second kappa shape index (κ2) is 28.5. The second-order valence-corrected chi connectivity index (χ2v) is 27.0. The number of nitro groups is 1. The molecule has 6 aliphatic rings. The van der Waals surface area contributed by atoms with E-state index in [9.17, 15) is 10.1 Å². The Morgan fingerprint density at radius 3 is 1.24 bits per heavy atom. The molecule has 16 nitrogen and oxygen atoms in total. The van der Waals surface area contributed by atoms with Crippen LogP contribution < -0.4 is 31.4 Å². The van der Waals surface area contributed by atoms with Crippen LogP contribution in [0.25, 0.3) is 75.6 Å². The number of benzene rings is 7. The quantitative estimate of drug-likeness (QED) is 0.0295. The zero-order valence-corrected chi connectivity index (χ0v) is 60.4. The van der Waals surface area contributed by atoms with Crippen LogP contribution in [-0.4, -0.2) is 92.7 Å². The van der Waals surface area contributed by atoms with Crippen LogP contribution in [-0.2, 0) is 0 Å². The van der Waals surface area contributed by atoms with Crippen LogP contribution in [0.2, 0.25) is 0 Å². The smallest absolute Gasteiger partial charge is 0.493 e. The van der Waals surface area contributed by atoms with Crippen LogP contribution in [0.4, 0.5) is 48.6 Å². The van der Waals surface area contributed by atoms with Crippen molar-refractivity contribution >= 4 is 115 Å². The number of allylic oxidation sites excluding steroid dienone is 6. The molecule has 4 aromatic heterocycles. The average Bonchev–Trinajstić information content (AvgIpc) is 1.55. The summed E-state index contributed by atoms with van der Waals surface area (Å²) in [7, 11) is 4.59. The molecule has 0 saturated carbocycles. The van der Waals surface area contributed by atoms with Gasteiger partial charge in [0.25, 0.3) is 5.69 Å². The highest BCUT2D eigenvalue weighted by atomic mass is 19.3. The molecule has 0 amide bonds. The summed E-state index contributed by atoms with van der Waals surface area (Å²) in [5, 5.41) is 10.9. The number of non-ortho nitro benzene ring substituents is 1. The first-order chi connectivity index (χ1) is 53.0. The van der Waals surface area contributed by atoms with Gasteiger partial charge in [0.05, 0.1) is 43.0 Å². The van der Waals surface area contributed by atoms with E-state index in [4.69, 9.17) is 35.8 Å². The van der Waals surface area contributed by atoms with Gasteiger partial charge in [0.1, 0.15) is 30.2 Å². The van der Waals surface area contributed by atoms with Gasteiger partial charge < -0.3 is 88.6 Å². The Labute approximate surface area is 629 Å². The summed E-state index contributed by atoms with van der Waals surface area (Å²) < 4.78 is 125. The van der Waals surface area contributed by atoms with Crippen LogP contribution in [0, 0.1) is 30.9 Å². The Morgan fingerprint density at radius 1 is 0.436 bits per heavy atom. The number of aromatic nitrogens is 3. The number of rotatable bonds is 15. The lowest BCUT2D eigenvalue weighted by atomic mass is 9.85. The van der Waals surface area contributed by atoms with Gasteiger partial charge in [-0.1, -0.05) is 103 Å². The molecule has 25 heteroatoms. The highest BCUT2D eigenvalue weighted by Crippen LogP contribution is 2.47. The van der Waals surface area contributed by atoms with Gasteiger partial charge in [0, 0.05) is 105 Å². The second-order valence-electron chi connectivity index (χ2n) is 27.0. The molecule has 11 aromatic rings. The number of hydrogen-bond donors (Lipinski definition) is 3. The Bertz CT molecular complexity index is 5950. The normalized spacial score (nSPS) is 15.7. The van der Waals surface area contributed by atoms with Gasteiger partial charge in [-0.25, -0.2) is 0 Å². The molecule has 0 unspecified atom stereocenters. The third-order valence-corrected chi connectivity index (χ3v) is 20.1. The van der Waals surface area contributed by atoms with Crippen molar-refractivity contribution in [3.63, 3.8) is 0 Å². The first-order valence-electron chi connectivity index (χ1n) is 35.3. The molecule has 0 saturated heterocycles. The molecular weight excluding hydrogens is 1400 g/mol. The van der Waals surface area contributed by atoms with E-state index in [1.165, 1.54) is 56.6 Å². The number of methoxy groups -OCH3 is 3. The molecule has 0 bridgehead atoms. The lowest BCUT2D eigenvalue weighted by Crippen LogP contribution is -2.50. The summed E-state index contributed by atoms with van der Waals surface area (Å²) in [4.78, 5) is 10.4. The number of nitrogens with two attached hydrogens (primary N) is 3. The number of halogens is 6. The minimum Gasteiger partial charge on any atom is -0.493 e. The molecule has 10 heterocycles. The number of hydrogen-bond acceptors (Lipinski definition) is 9. The molecular formula is C85H71B3F6N10O6. The topological polar surface area (TPSA) is 186 Å². The number of nitro benzene ring substituents is 1. The van der Waals surface area contributed by atoms with Gasteiger partial charge in [-0.15, -0.1) is 0 Å². The average molecular weight is 1470 g/mol. The van der Waals surface area contributed by atoms with E-state index < -0.39 is 25.8 Å². The summed E-state index contributed by atoms with van der Waals surface area (Å²) in [6, 6.07) is 58.3. The predicted octanol–water partition coefficient (Wildman–Crippen LogP) is 18.5. The molecule has 0 aliphatic carbocycles. The van der Waals surface area contributed by atoms with Crippen LogP contribution in [0.1, 0.15) is 84.4 Å². The summed E-state index contributed by atoms with van der Waals surface area (Å²) in [5.74, 6) is 2.40. The van der Waals surface area contributed by atoms with Crippen LogP contribution in [0.3, 0.4) is 0 Å². The standard InChI is InChI=1S/C30H24BF2N3.C28H21BF2N4O3.C27H26BF2N3O3/c1-21-20-26(18-15-23-10-5-6-11-27(23)22-8-3-2-4-9-22)36-30(21)29(24-13-16-25(34)17-14-24)28-12-7-19-35(28)31(36,32)33;1-18-17-23(12-13-24-14-15-26(38-24)19-6-10-22(11-7-19)35(36)37)34-28(18)27(20-4-8-21(32)9-5-20)25-3-2-16-33(25)29(34,30)31;1-17-14-21(12-7-18-15-23(34-2)27(36-4)24(16-18)35-3)33-26(17)25(19-8-10-20(31)11-9-19)22-6-5-13-32(22)28(33,29)30/h2-20H,34H2,1H3;2-17H,32H2,1H3;5-16H,31H2,1-4H3/b18-15+;13-12+;12-7+. The minimum atomic E-state index is -4.15. The zero-order valence-electron chi connectivity index (χ0n) is 60.4. The van der Waals surface area contributed by atoms with Crippen molar-refractivity contribution < 1.29 is 62.9 Å². The molecule has 0 fully saturated rings. The van der Waals surface area contributed by atoms with Crippen molar-refractivity contribution in [2.75, 3.05) is 38.5 Å². The largest absolute Gasteiger partial charge is 0.737 e. The maximum absolute atomic E-state index is 16.0. The molecule has 0 radical (unpaired) electrons. The van der Waals surface area contributed by atoms with E-state index >= 15 is 25.9 Å². The van der Waals surface area contributed by atoms with E-state index in [1.54, 1.807) is 152 Å². The number of ether oxygens (including phenoxy) is 3. The van der Waals surface area contributed by atoms with Gasteiger partial charge in [0.2, 0.25) is 5.75 Å². The molecule has 110 heavy (non-hydrogen) atoms. The lowest BCUT2D eigenvalue weighted by molar-refractivity contribution is -0.384. The summed E-state index contributed by atoms with van der Waals surface area (Å²) in [6.07, 6.45) is 24.8. The number of fused-ring (bicyclic) bond motifs is 6.